The second-order valence-corrected chi connectivity index (χ2v) is 5.84. The molecule has 1 aliphatic carbocycles. The van der Waals surface area contributed by atoms with E-state index in [4.69, 9.17) is 11.6 Å². The number of fused-ring (bicyclic) bond motifs is 1. The summed E-state index contributed by atoms with van der Waals surface area (Å²) in [4.78, 5) is 4.40. The summed E-state index contributed by atoms with van der Waals surface area (Å²) in [5.74, 6) is 0. The Morgan fingerprint density at radius 1 is 1.05 bits per heavy atom. The lowest BCUT2D eigenvalue weighted by Crippen LogP contribution is -2.28. The van der Waals surface area contributed by atoms with Crippen LogP contribution < -0.4 is 5.32 Å². The Kier molecular flexibility index (Phi) is 3.88. The van der Waals surface area contributed by atoms with E-state index in [0.717, 1.165) is 24.0 Å². The van der Waals surface area contributed by atoms with E-state index in [-0.39, 0.29) is 5.38 Å². The minimum Gasteiger partial charge on any atom is -0.380 e. The van der Waals surface area contributed by atoms with Crippen molar-refractivity contribution in [2.45, 2.75) is 43.5 Å². The number of aromatic nitrogens is 1. The first-order chi connectivity index (χ1) is 9.34. The van der Waals surface area contributed by atoms with Crippen molar-refractivity contribution < 1.29 is 0 Å². The average Bonchev–Trinajstić information content (AvgIpc) is 2.65. The lowest BCUT2D eigenvalue weighted by Gasteiger charge is -2.23. The van der Waals surface area contributed by atoms with Crippen molar-refractivity contribution in [3.05, 3.63) is 36.5 Å². The van der Waals surface area contributed by atoms with Crippen molar-refractivity contribution in [2.24, 2.45) is 0 Å². The van der Waals surface area contributed by atoms with E-state index in [0.29, 0.717) is 6.04 Å². The largest absolute Gasteiger partial charge is 0.380 e. The molecule has 100 valence electrons. The van der Waals surface area contributed by atoms with Crippen molar-refractivity contribution in [1.82, 2.24) is 4.98 Å². The molecule has 19 heavy (non-hydrogen) atoms. The monoisotopic (exact) mass is 274 g/mol. The van der Waals surface area contributed by atoms with Gasteiger partial charge in [0.25, 0.3) is 0 Å². The number of hydrogen-bond donors (Lipinski definition) is 1. The highest BCUT2D eigenvalue weighted by molar-refractivity contribution is 6.21. The Balaban J connectivity index is 1.88. The SMILES string of the molecule is ClC1CCCCCC1Nc1ccnc2ccccc12. The van der Waals surface area contributed by atoms with Gasteiger partial charge in [-0.15, -0.1) is 11.6 Å². The zero-order valence-electron chi connectivity index (χ0n) is 11.0. The minimum atomic E-state index is 0.231. The van der Waals surface area contributed by atoms with Gasteiger partial charge in [0.15, 0.2) is 0 Å². The molecule has 0 spiro atoms. The Hall–Kier alpha value is -1.28. The van der Waals surface area contributed by atoms with Crippen LogP contribution in [0.1, 0.15) is 32.1 Å². The fraction of sp³-hybridized carbons (Fsp3) is 0.438. The number of anilines is 1. The first-order valence-corrected chi connectivity index (χ1v) is 7.52. The molecule has 1 aliphatic rings. The van der Waals surface area contributed by atoms with Crippen molar-refractivity contribution in [3.63, 3.8) is 0 Å². The van der Waals surface area contributed by atoms with Gasteiger partial charge in [-0.1, -0.05) is 37.5 Å². The smallest absolute Gasteiger partial charge is 0.0722 e. The van der Waals surface area contributed by atoms with E-state index in [1.54, 1.807) is 0 Å². The number of halogens is 1. The van der Waals surface area contributed by atoms with Gasteiger partial charge >= 0.3 is 0 Å². The van der Waals surface area contributed by atoms with E-state index in [1.165, 1.54) is 24.6 Å². The molecule has 2 unspecified atom stereocenters. The Morgan fingerprint density at radius 2 is 1.89 bits per heavy atom. The van der Waals surface area contributed by atoms with E-state index in [1.807, 2.05) is 18.3 Å². The Labute approximate surface area is 119 Å². The van der Waals surface area contributed by atoms with Crippen LogP contribution in [0.15, 0.2) is 36.5 Å². The van der Waals surface area contributed by atoms with Crippen LogP contribution in [0.25, 0.3) is 10.9 Å². The highest BCUT2D eigenvalue weighted by Crippen LogP contribution is 2.28. The summed E-state index contributed by atoms with van der Waals surface area (Å²) in [5, 5.41) is 5.05. The van der Waals surface area contributed by atoms with Gasteiger partial charge in [0, 0.05) is 23.3 Å². The molecule has 0 radical (unpaired) electrons. The van der Waals surface area contributed by atoms with Gasteiger partial charge in [-0.25, -0.2) is 0 Å². The number of nitrogens with one attached hydrogen (secondary N) is 1. The maximum Gasteiger partial charge on any atom is 0.0722 e. The molecule has 0 amide bonds. The standard InChI is InChI=1S/C16H19ClN2/c17-13-7-2-1-3-9-16(13)19-15-10-11-18-14-8-5-4-6-12(14)15/h4-6,8,10-11,13,16H,1-3,7,9H2,(H,18,19). The van der Waals surface area contributed by atoms with Gasteiger partial charge in [-0.05, 0) is 25.0 Å². The van der Waals surface area contributed by atoms with E-state index in [9.17, 15) is 0 Å². The maximum absolute atomic E-state index is 6.51. The van der Waals surface area contributed by atoms with Crippen molar-refractivity contribution in [2.75, 3.05) is 5.32 Å². The molecule has 1 fully saturated rings. The summed E-state index contributed by atoms with van der Waals surface area (Å²) in [6.45, 7) is 0. The van der Waals surface area contributed by atoms with E-state index < -0.39 is 0 Å². The van der Waals surface area contributed by atoms with Gasteiger partial charge in [0.05, 0.1) is 10.9 Å². The topological polar surface area (TPSA) is 24.9 Å². The normalized spacial score (nSPS) is 24.1. The number of hydrogen-bond acceptors (Lipinski definition) is 2. The Bertz CT molecular complexity index is 550. The lowest BCUT2D eigenvalue weighted by atomic mass is 10.1. The Morgan fingerprint density at radius 3 is 2.84 bits per heavy atom. The van der Waals surface area contributed by atoms with Crippen LogP contribution in [0.4, 0.5) is 5.69 Å². The maximum atomic E-state index is 6.51. The van der Waals surface area contributed by atoms with Crippen LogP contribution in [0.3, 0.4) is 0 Å². The summed E-state index contributed by atoms with van der Waals surface area (Å²) in [6.07, 6.45) is 7.96. The molecule has 1 aromatic carbocycles. The zero-order valence-corrected chi connectivity index (χ0v) is 11.7. The fourth-order valence-electron chi connectivity index (χ4n) is 2.85. The summed E-state index contributed by atoms with van der Waals surface area (Å²) >= 11 is 6.51. The zero-order chi connectivity index (χ0) is 13.1. The fourth-order valence-corrected chi connectivity index (χ4v) is 3.19. The van der Waals surface area contributed by atoms with E-state index in [2.05, 4.69) is 28.5 Å². The predicted octanol–water partition coefficient (Wildman–Crippen LogP) is 4.59. The van der Waals surface area contributed by atoms with Crippen LogP contribution in [-0.2, 0) is 0 Å². The second-order valence-electron chi connectivity index (χ2n) is 5.28. The molecule has 3 heteroatoms. The number of alkyl halides is 1. The van der Waals surface area contributed by atoms with Crippen LogP contribution in [0, 0.1) is 0 Å². The third kappa shape index (κ3) is 2.84. The molecule has 2 nitrogen and oxygen atoms in total. The summed E-state index contributed by atoms with van der Waals surface area (Å²) in [5.41, 5.74) is 2.19. The van der Waals surface area contributed by atoms with Crippen LogP contribution in [0.5, 0.6) is 0 Å². The molecule has 0 saturated heterocycles. The predicted molar refractivity (Wildman–Crippen MR) is 81.9 cm³/mol. The van der Waals surface area contributed by atoms with Gasteiger partial charge in [0.2, 0.25) is 0 Å². The highest BCUT2D eigenvalue weighted by atomic mass is 35.5. The second kappa shape index (κ2) is 5.79. The number of nitrogens with zero attached hydrogens (tertiary/aromatic N) is 1. The average molecular weight is 275 g/mol. The van der Waals surface area contributed by atoms with Crippen molar-refractivity contribution >= 4 is 28.2 Å². The van der Waals surface area contributed by atoms with Crippen molar-refractivity contribution in [3.8, 4) is 0 Å². The molecule has 2 atom stereocenters. The van der Waals surface area contributed by atoms with Crippen LogP contribution in [0.2, 0.25) is 0 Å². The number of pyridine rings is 1. The van der Waals surface area contributed by atoms with E-state index >= 15 is 0 Å². The van der Waals surface area contributed by atoms with Crippen LogP contribution in [-0.4, -0.2) is 16.4 Å². The molecule has 3 rings (SSSR count). The molecule has 2 aromatic rings. The molecular formula is C16H19ClN2. The quantitative estimate of drug-likeness (QED) is 0.640. The number of rotatable bonds is 2. The van der Waals surface area contributed by atoms with Gasteiger partial charge < -0.3 is 5.32 Å². The number of para-hydroxylation sites is 1. The molecule has 1 aromatic heterocycles. The van der Waals surface area contributed by atoms with Crippen molar-refractivity contribution in [1.29, 1.82) is 0 Å². The minimum absolute atomic E-state index is 0.231. The summed E-state index contributed by atoms with van der Waals surface area (Å²) < 4.78 is 0. The van der Waals surface area contributed by atoms with Gasteiger partial charge in [-0.2, -0.15) is 0 Å². The first kappa shape index (κ1) is 12.7. The lowest BCUT2D eigenvalue weighted by molar-refractivity contribution is 0.628. The van der Waals surface area contributed by atoms with Gasteiger partial charge in [-0.3, -0.25) is 4.98 Å². The third-order valence-corrected chi connectivity index (χ3v) is 4.44. The molecule has 0 bridgehead atoms. The third-order valence-electron chi connectivity index (χ3n) is 3.92. The van der Waals surface area contributed by atoms with Gasteiger partial charge in [0.1, 0.15) is 0 Å². The summed E-state index contributed by atoms with van der Waals surface area (Å²) in [6, 6.07) is 10.7. The molecule has 1 heterocycles. The van der Waals surface area contributed by atoms with Crippen LogP contribution >= 0.6 is 11.6 Å². The first-order valence-electron chi connectivity index (χ1n) is 7.09. The molecule has 1 N–H and O–H groups in total. The summed E-state index contributed by atoms with van der Waals surface area (Å²) in [7, 11) is 0. The molecule has 1 saturated carbocycles. The molecule has 0 aliphatic heterocycles. The highest BCUT2D eigenvalue weighted by Gasteiger charge is 2.21. The number of benzene rings is 1. The molecular weight excluding hydrogens is 256 g/mol.